The van der Waals surface area contributed by atoms with E-state index in [1.165, 1.54) is 6.20 Å². The molecule has 5 nitrogen and oxygen atoms in total. The first-order chi connectivity index (χ1) is 9.65. The molecule has 106 valence electrons. The van der Waals surface area contributed by atoms with Crippen LogP contribution in [-0.4, -0.2) is 42.0 Å². The quantitative estimate of drug-likeness (QED) is 0.906. The molecule has 20 heavy (non-hydrogen) atoms. The van der Waals surface area contributed by atoms with Crippen molar-refractivity contribution in [1.29, 1.82) is 5.26 Å². The summed E-state index contributed by atoms with van der Waals surface area (Å²) in [5.74, 6) is -0.0672. The van der Waals surface area contributed by atoms with Gasteiger partial charge in [-0.1, -0.05) is 0 Å². The average Bonchev–Trinajstić information content (AvgIpc) is 2.53. The number of carbonyl (C=O) groups is 1. The van der Waals surface area contributed by atoms with Gasteiger partial charge in [0.15, 0.2) is 0 Å². The van der Waals surface area contributed by atoms with Gasteiger partial charge in [0, 0.05) is 25.3 Å². The molecule has 1 heterocycles. The number of aromatic nitrogens is 1. The molecule has 1 amide bonds. The first-order valence-corrected chi connectivity index (χ1v) is 6.96. The number of nitriles is 1. The van der Waals surface area contributed by atoms with Crippen molar-refractivity contribution in [3.8, 4) is 6.07 Å². The molecule has 0 unspecified atom stereocenters. The summed E-state index contributed by atoms with van der Waals surface area (Å²) < 4.78 is 0. The monoisotopic (exact) mass is 272 g/mol. The lowest BCUT2D eigenvalue weighted by Crippen LogP contribution is -2.42. The molecule has 0 aliphatic heterocycles. The molecule has 0 spiro atoms. The van der Waals surface area contributed by atoms with E-state index in [2.05, 4.69) is 10.3 Å². The Kier molecular flexibility index (Phi) is 4.70. The lowest BCUT2D eigenvalue weighted by atomic mass is 9.90. The van der Waals surface area contributed by atoms with Crippen LogP contribution in [0.3, 0.4) is 0 Å². The summed E-state index contributed by atoms with van der Waals surface area (Å²) in [6, 6.07) is 6.11. The summed E-state index contributed by atoms with van der Waals surface area (Å²) in [7, 11) is 3.83. The van der Waals surface area contributed by atoms with E-state index in [-0.39, 0.29) is 11.9 Å². The van der Waals surface area contributed by atoms with Crippen molar-refractivity contribution in [2.45, 2.75) is 37.8 Å². The summed E-state index contributed by atoms with van der Waals surface area (Å²) >= 11 is 0. The van der Waals surface area contributed by atoms with Crippen molar-refractivity contribution >= 4 is 5.91 Å². The summed E-state index contributed by atoms with van der Waals surface area (Å²) in [6.45, 7) is 0. The van der Waals surface area contributed by atoms with Crippen LogP contribution in [-0.2, 0) is 0 Å². The fourth-order valence-corrected chi connectivity index (χ4v) is 2.68. The lowest BCUT2D eigenvalue weighted by molar-refractivity contribution is 0.0680. The van der Waals surface area contributed by atoms with Crippen LogP contribution < -0.4 is 5.32 Å². The lowest BCUT2D eigenvalue weighted by Gasteiger charge is -2.34. The van der Waals surface area contributed by atoms with Gasteiger partial charge in [0.05, 0.1) is 5.56 Å². The Bertz CT molecular complexity index is 498. The van der Waals surface area contributed by atoms with Crippen LogP contribution in [0.4, 0.5) is 0 Å². The number of amides is 1. The van der Waals surface area contributed by atoms with Crippen LogP contribution in [0.5, 0.6) is 0 Å². The van der Waals surface area contributed by atoms with Gasteiger partial charge in [-0.3, -0.25) is 4.79 Å². The third-order valence-corrected chi connectivity index (χ3v) is 4.08. The van der Waals surface area contributed by atoms with Crippen LogP contribution in [0.15, 0.2) is 18.3 Å². The molecule has 1 aromatic rings. The number of pyridine rings is 1. The first kappa shape index (κ1) is 14.5. The maximum atomic E-state index is 12.4. The van der Waals surface area contributed by atoms with E-state index in [1.54, 1.807) is 17.0 Å². The third kappa shape index (κ3) is 3.14. The second-order valence-corrected chi connectivity index (χ2v) is 5.25. The Morgan fingerprint density at radius 3 is 2.60 bits per heavy atom. The zero-order valence-corrected chi connectivity index (χ0v) is 12.0. The highest BCUT2D eigenvalue weighted by atomic mass is 16.2. The van der Waals surface area contributed by atoms with Crippen molar-refractivity contribution in [2.75, 3.05) is 14.1 Å². The van der Waals surface area contributed by atoms with Crippen molar-refractivity contribution in [2.24, 2.45) is 0 Å². The van der Waals surface area contributed by atoms with E-state index in [0.717, 1.165) is 25.7 Å². The zero-order valence-electron chi connectivity index (χ0n) is 12.0. The summed E-state index contributed by atoms with van der Waals surface area (Å²) in [5, 5.41) is 12.0. The molecule has 1 aliphatic rings. The normalized spacial score (nSPS) is 22.1. The highest BCUT2D eigenvalue weighted by Gasteiger charge is 2.26. The second kappa shape index (κ2) is 6.49. The van der Waals surface area contributed by atoms with Crippen molar-refractivity contribution in [3.63, 3.8) is 0 Å². The number of hydrogen-bond donors (Lipinski definition) is 1. The van der Waals surface area contributed by atoms with Gasteiger partial charge in [0.1, 0.15) is 11.8 Å². The van der Waals surface area contributed by atoms with Gasteiger partial charge in [-0.2, -0.15) is 5.26 Å². The average molecular weight is 272 g/mol. The standard InChI is InChI=1S/C15H20N4O/c1-17-12-4-6-13(7-5-12)19(2)15(20)14-8-3-11(9-16)10-18-14/h3,8,10,12-13,17H,4-7H2,1-2H3. The van der Waals surface area contributed by atoms with Gasteiger partial charge >= 0.3 is 0 Å². The van der Waals surface area contributed by atoms with Crippen LogP contribution in [0.1, 0.15) is 41.7 Å². The van der Waals surface area contributed by atoms with Gasteiger partial charge in [0.25, 0.3) is 5.91 Å². The molecule has 1 N–H and O–H groups in total. The van der Waals surface area contributed by atoms with E-state index in [1.807, 2.05) is 20.2 Å². The number of nitrogens with zero attached hydrogens (tertiary/aromatic N) is 3. The number of nitrogens with one attached hydrogen (secondary N) is 1. The number of carbonyl (C=O) groups excluding carboxylic acids is 1. The van der Waals surface area contributed by atoms with Gasteiger partial charge in [-0.05, 0) is 44.9 Å². The Labute approximate surface area is 119 Å². The topological polar surface area (TPSA) is 69.0 Å². The largest absolute Gasteiger partial charge is 0.337 e. The molecule has 1 aliphatic carbocycles. The molecule has 1 aromatic heterocycles. The smallest absolute Gasteiger partial charge is 0.272 e. The van der Waals surface area contributed by atoms with Crippen LogP contribution in [0.2, 0.25) is 0 Å². The molecule has 1 saturated carbocycles. The Balaban J connectivity index is 1.99. The second-order valence-electron chi connectivity index (χ2n) is 5.25. The predicted molar refractivity (Wildman–Crippen MR) is 76.1 cm³/mol. The number of hydrogen-bond acceptors (Lipinski definition) is 4. The van der Waals surface area contributed by atoms with Crippen molar-refractivity contribution in [3.05, 3.63) is 29.6 Å². The Morgan fingerprint density at radius 2 is 2.10 bits per heavy atom. The van der Waals surface area contributed by atoms with E-state index < -0.39 is 0 Å². The first-order valence-electron chi connectivity index (χ1n) is 6.96. The molecule has 0 bridgehead atoms. The molecule has 2 rings (SSSR count). The van der Waals surface area contributed by atoms with E-state index in [0.29, 0.717) is 17.3 Å². The Hall–Kier alpha value is -1.93. The maximum absolute atomic E-state index is 12.4. The fourth-order valence-electron chi connectivity index (χ4n) is 2.68. The van der Waals surface area contributed by atoms with E-state index in [4.69, 9.17) is 5.26 Å². The van der Waals surface area contributed by atoms with Gasteiger partial charge < -0.3 is 10.2 Å². The minimum Gasteiger partial charge on any atom is -0.337 e. The summed E-state index contributed by atoms with van der Waals surface area (Å²) in [6.07, 6.45) is 5.67. The molecular formula is C15H20N4O. The maximum Gasteiger partial charge on any atom is 0.272 e. The fraction of sp³-hybridized carbons (Fsp3) is 0.533. The molecule has 1 fully saturated rings. The van der Waals surface area contributed by atoms with Crippen LogP contribution in [0.25, 0.3) is 0 Å². The highest BCUT2D eigenvalue weighted by Crippen LogP contribution is 2.23. The highest BCUT2D eigenvalue weighted by molar-refractivity contribution is 5.92. The van der Waals surface area contributed by atoms with Gasteiger partial charge in [-0.15, -0.1) is 0 Å². The summed E-state index contributed by atoms with van der Waals surface area (Å²) in [5.41, 5.74) is 0.876. The minimum absolute atomic E-state index is 0.0672. The summed E-state index contributed by atoms with van der Waals surface area (Å²) in [4.78, 5) is 18.2. The van der Waals surface area contributed by atoms with E-state index >= 15 is 0 Å². The van der Waals surface area contributed by atoms with Gasteiger partial charge in [0.2, 0.25) is 0 Å². The number of rotatable bonds is 3. The van der Waals surface area contributed by atoms with Crippen molar-refractivity contribution in [1.82, 2.24) is 15.2 Å². The molecule has 0 saturated heterocycles. The molecule has 0 radical (unpaired) electrons. The Morgan fingerprint density at radius 1 is 1.40 bits per heavy atom. The zero-order chi connectivity index (χ0) is 14.5. The predicted octanol–water partition coefficient (Wildman–Crippen LogP) is 1.56. The third-order valence-electron chi connectivity index (χ3n) is 4.08. The molecular weight excluding hydrogens is 252 g/mol. The molecule has 0 aromatic carbocycles. The molecule has 5 heteroatoms. The van der Waals surface area contributed by atoms with Crippen LogP contribution >= 0.6 is 0 Å². The van der Waals surface area contributed by atoms with Crippen LogP contribution in [0, 0.1) is 11.3 Å². The van der Waals surface area contributed by atoms with Crippen molar-refractivity contribution < 1.29 is 4.79 Å². The van der Waals surface area contributed by atoms with E-state index in [9.17, 15) is 4.79 Å². The minimum atomic E-state index is -0.0672. The SMILES string of the molecule is CNC1CCC(N(C)C(=O)c2ccc(C#N)cn2)CC1. The molecule has 0 atom stereocenters. The van der Waals surface area contributed by atoms with Gasteiger partial charge in [-0.25, -0.2) is 4.98 Å².